The second-order valence-corrected chi connectivity index (χ2v) is 9.04. The smallest absolute Gasteiger partial charge is 0.252 e. The zero-order valence-corrected chi connectivity index (χ0v) is 15.0. The van der Waals surface area contributed by atoms with Crippen LogP contribution in [-0.2, 0) is 16.6 Å². The first-order valence-electron chi connectivity index (χ1n) is 9.61. The Hall–Kier alpha value is -2.18. The summed E-state index contributed by atoms with van der Waals surface area (Å²) in [5.41, 5.74) is 6.00. The lowest BCUT2D eigenvalue weighted by Crippen LogP contribution is -2.72. The summed E-state index contributed by atoms with van der Waals surface area (Å²) >= 11 is 0. The lowest BCUT2D eigenvalue weighted by Gasteiger charge is -2.58. The first kappa shape index (κ1) is 15.8. The van der Waals surface area contributed by atoms with E-state index >= 15 is 0 Å². The number of benzene rings is 1. The largest absolute Gasteiger partial charge is 0.480 e. The van der Waals surface area contributed by atoms with Gasteiger partial charge in [-0.25, -0.2) is 0 Å². The number of primary amides is 1. The van der Waals surface area contributed by atoms with Crippen molar-refractivity contribution >= 4 is 11.7 Å². The molecule has 1 saturated heterocycles. The molecule has 2 bridgehead atoms. The van der Waals surface area contributed by atoms with Gasteiger partial charge in [-0.1, -0.05) is 12.1 Å². The molecule has 1 amide bonds. The Labute approximate surface area is 157 Å². The first-order chi connectivity index (χ1) is 12.9. The topological polar surface area (TPSA) is 92.9 Å². The van der Waals surface area contributed by atoms with Gasteiger partial charge in [-0.3, -0.25) is 14.5 Å². The van der Waals surface area contributed by atoms with E-state index in [2.05, 4.69) is 11.5 Å². The van der Waals surface area contributed by atoms with Crippen LogP contribution in [0.15, 0.2) is 24.8 Å². The minimum Gasteiger partial charge on any atom is -0.480 e. The summed E-state index contributed by atoms with van der Waals surface area (Å²) in [6.45, 7) is 5.47. The second kappa shape index (κ2) is 4.45. The molecule has 6 rings (SSSR count). The molecule has 1 aromatic carbocycles. The molecule has 6 heteroatoms. The second-order valence-electron chi connectivity index (χ2n) is 9.04. The van der Waals surface area contributed by atoms with Gasteiger partial charge in [0, 0.05) is 36.5 Å². The molecule has 2 aliphatic heterocycles. The van der Waals surface area contributed by atoms with Crippen molar-refractivity contribution in [3.05, 3.63) is 41.5 Å². The van der Waals surface area contributed by atoms with Crippen LogP contribution in [0.5, 0.6) is 5.75 Å². The van der Waals surface area contributed by atoms with E-state index in [0.717, 1.165) is 37.1 Å². The zero-order valence-electron chi connectivity index (χ0n) is 15.0. The lowest BCUT2D eigenvalue weighted by molar-refractivity contribution is -0.168. The number of likely N-dealkylation sites (tertiary alicyclic amines) is 1. The van der Waals surface area contributed by atoms with Gasteiger partial charge >= 0.3 is 0 Å². The van der Waals surface area contributed by atoms with E-state index in [1.807, 2.05) is 12.1 Å². The maximum atomic E-state index is 12.9. The maximum Gasteiger partial charge on any atom is 0.252 e. The predicted octanol–water partition coefficient (Wildman–Crippen LogP) is 0.695. The Morgan fingerprint density at radius 1 is 1.48 bits per heavy atom. The average Bonchev–Trinajstić information content (AvgIpc) is 3.02. The van der Waals surface area contributed by atoms with Crippen LogP contribution >= 0.6 is 0 Å². The van der Waals surface area contributed by atoms with Crippen LogP contribution in [-0.4, -0.2) is 52.5 Å². The summed E-state index contributed by atoms with van der Waals surface area (Å²) < 4.78 is 6.16. The van der Waals surface area contributed by atoms with E-state index in [0.29, 0.717) is 24.2 Å². The van der Waals surface area contributed by atoms with Gasteiger partial charge in [-0.15, -0.1) is 6.58 Å². The van der Waals surface area contributed by atoms with Crippen LogP contribution in [0.1, 0.15) is 40.7 Å². The molecule has 5 atom stereocenters. The van der Waals surface area contributed by atoms with E-state index in [9.17, 15) is 14.7 Å². The number of rotatable bonds is 3. The fourth-order valence-electron chi connectivity index (χ4n) is 7.40. The number of aliphatic hydroxyl groups is 1. The molecule has 3 N–H and O–H groups in total. The molecule has 5 aliphatic rings. The highest BCUT2D eigenvalue weighted by Gasteiger charge is 2.83. The van der Waals surface area contributed by atoms with Crippen molar-refractivity contribution in [2.75, 3.05) is 13.1 Å². The van der Waals surface area contributed by atoms with Gasteiger partial charge in [0.25, 0.3) is 5.91 Å². The highest BCUT2D eigenvalue weighted by molar-refractivity contribution is 5.98. The van der Waals surface area contributed by atoms with E-state index in [1.165, 1.54) is 0 Å². The molecular formula is C21H22N2O4. The fourth-order valence-corrected chi connectivity index (χ4v) is 7.40. The molecule has 27 heavy (non-hydrogen) atoms. The third-order valence-electron chi connectivity index (χ3n) is 7.91. The molecule has 0 radical (unpaired) electrons. The minimum absolute atomic E-state index is 0.0161. The molecule has 0 aromatic heterocycles. The van der Waals surface area contributed by atoms with Gasteiger partial charge in [-0.2, -0.15) is 0 Å². The lowest BCUT2D eigenvalue weighted by atomic mass is 9.57. The number of hydrogen-bond acceptors (Lipinski definition) is 5. The first-order valence-corrected chi connectivity index (χ1v) is 9.61. The Bertz CT molecular complexity index is 958. The summed E-state index contributed by atoms with van der Waals surface area (Å²) in [4.78, 5) is 27.2. The van der Waals surface area contributed by atoms with Crippen LogP contribution in [0.3, 0.4) is 0 Å². The third-order valence-corrected chi connectivity index (χ3v) is 7.91. The van der Waals surface area contributed by atoms with Gasteiger partial charge in [-0.05, 0) is 30.9 Å². The third kappa shape index (κ3) is 1.44. The average molecular weight is 366 g/mol. The number of carbonyl (C=O) groups is 2. The standard InChI is InChI=1S/C21H22N2O4/c1-2-7-23-10-19-8-11-3-4-12(17(22)25)15-14(11)20(9-19)16(27-15)13(24)5-6-21(20,26)18(19)23/h2-4,16,18,26H,1,5-10H2,(H2,22,25). The number of ketones is 1. The number of nitrogens with zero attached hydrogens (tertiary/aromatic N) is 1. The van der Waals surface area contributed by atoms with Crippen LogP contribution in [0.25, 0.3) is 0 Å². The molecule has 140 valence electrons. The molecule has 2 spiro atoms. The van der Waals surface area contributed by atoms with Crippen molar-refractivity contribution in [1.29, 1.82) is 0 Å². The highest BCUT2D eigenvalue weighted by atomic mass is 16.5. The Morgan fingerprint density at radius 3 is 3.04 bits per heavy atom. The molecule has 2 saturated carbocycles. The van der Waals surface area contributed by atoms with E-state index in [4.69, 9.17) is 10.5 Å². The molecule has 3 aliphatic carbocycles. The molecular weight excluding hydrogens is 344 g/mol. The highest BCUT2D eigenvalue weighted by Crippen LogP contribution is 2.74. The molecule has 1 aromatic rings. The number of nitrogens with two attached hydrogens (primary N) is 1. The number of ether oxygens (including phenoxy) is 1. The summed E-state index contributed by atoms with van der Waals surface area (Å²) in [6.07, 6.45) is 3.45. The predicted molar refractivity (Wildman–Crippen MR) is 96.6 cm³/mol. The van der Waals surface area contributed by atoms with Crippen molar-refractivity contribution in [2.45, 2.75) is 48.8 Å². The number of carbonyl (C=O) groups excluding carboxylic acids is 2. The van der Waals surface area contributed by atoms with E-state index in [-0.39, 0.29) is 17.2 Å². The minimum atomic E-state index is -1.04. The summed E-state index contributed by atoms with van der Waals surface area (Å²) in [5.74, 6) is -0.107. The number of amides is 1. The number of hydrogen-bond donors (Lipinski definition) is 2. The monoisotopic (exact) mass is 366 g/mol. The Morgan fingerprint density at radius 2 is 2.30 bits per heavy atom. The van der Waals surface area contributed by atoms with E-state index < -0.39 is 23.0 Å². The molecule has 2 heterocycles. The van der Waals surface area contributed by atoms with Crippen molar-refractivity contribution in [3.63, 3.8) is 0 Å². The fraction of sp³-hybridized carbons (Fsp3) is 0.524. The van der Waals surface area contributed by atoms with Gasteiger partial charge in [0.05, 0.1) is 16.6 Å². The van der Waals surface area contributed by atoms with Crippen LogP contribution < -0.4 is 10.5 Å². The Kier molecular flexibility index (Phi) is 2.61. The quantitative estimate of drug-likeness (QED) is 0.768. The van der Waals surface area contributed by atoms with Crippen molar-refractivity contribution in [3.8, 4) is 5.75 Å². The summed E-state index contributed by atoms with van der Waals surface area (Å²) in [5, 5.41) is 12.1. The zero-order chi connectivity index (χ0) is 18.8. The maximum absolute atomic E-state index is 12.9. The van der Waals surface area contributed by atoms with Crippen molar-refractivity contribution in [2.24, 2.45) is 11.1 Å². The normalized spacial score (nSPS) is 42.8. The van der Waals surface area contributed by atoms with Crippen LogP contribution in [0, 0.1) is 5.41 Å². The molecule has 3 fully saturated rings. The van der Waals surface area contributed by atoms with Gasteiger partial charge in [0.1, 0.15) is 5.75 Å². The van der Waals surface area contributed by atoms with Gasteiger partial charge in [0.2, 0.25) is 0 Å². The van der Waals surface area contributed by atoms with Gasteiger partial charge < -0.3 is 15.6 Å². The van der Waals surface area contributed by atoms with Crippen LogP contribution in [0.2, 0.25) is 0 Å². The SMILES string of the molecule is C=CCN1CC23Cc4ccc(C(N)=O)c5c4C4(C2)C(O5)C(=O)CCC4(O)C13. The van der Waals surface area contributed by atoms with Crippen LogP contribution in [0.4, 0.5) is 0 Å². The van der Waals surface area contributed by atoms with Crippen molar-refractivity contribution in [1.82, 2.24) is 4.90 Å². The number of fused-ring (bicyclic) bond motifs is 1. The number of Topliss-reactive ketones (excluding diaryl/α,β-unsaturated/α-hetero) is 1. The van der Waals surface area contributed by atoms with Crippen molar-refractivity contribution < 1.29 is 19.4 Å². The summed E-state index contributed by atoms with van der Waals surface area (Å²) in [7, 11) is 0. The Balaban J connectivity index is 1.65. The van der Waals surface area contributed by atoms with Gasteiger partial charge in [0.15, 0.2) is 11.9 Å². The molecule has 5 unspecified atom stereocenters. The summed E-state index contributed by atoms with van der Waals surface area (Å²) in [6, 6.07) is 3.65. The molecule has 6 nitrogen and oxygen atoms in total. The van der Waals surface area contributed by atoms with E-state index in [1.54, 1.807) is 6.07 Å².